The van der Waals surface area contributed by atoms with Crippen LogP contribution >= 0.6 is 31.9 Å². The van der Waals surface area contributed by atoms with E-state index >= 15 is 0 Å². The van der Waals surface area contributed by atoms with Gasteiger partial charge < -0.3 is 4.74 Å². The predicted octanol–water partition coefficient (Wildman–Crippen LogP) is 4.67. The predicted molar refractivity (Wildman–Crippen MR) is 94.2 cm³/mol. The molecule has 1 heterocycles. The van der Waals surface area contributed by atoms with Gasteiger partial charge in [-0.3, -0.25) is 9.55 Å². The first kappa shape index (κ1) is 21.3. The van der Waals surface area contributed by atoms with E-state index in [0.29, 0.717) is 5.69 Å². The van der Waals surface area contributed by atoms with Crippen molar-refractivity contribution in [1.82, 2.24) is 8.75 Å². The summed E-state index contributed by atoms with van der Waals surface area (Å²) in [6, 6.07) is 6.34. The van der Waals surface area contributed by atoms with E-state index in [1.54, 1.807) is 18.3 Å². The van der Waals surface area contributed by atoms with Crippen LogP contribution in [0.2, 0.25) is 0 Å². The maximum atomic E-state index is 12.3. The van der Waals surface area contributed by atoms with E-state index < -0.39 is 10.0 Å². The third kappa shape index (κ3) is 6.64. The first-order valence-corrected chi connectivity index (χ1v) is 11.1. The molecule has 0 bridgehead atoms. The second-order valence-corrected chi connectivity index (χ2v) is 7.67. The first-order valence-electron chi connectivity index (χ1n) is 6.28. The molecule has 12 heteroatoms. The van der Waals surface area contributed by atoms with Gasteiger partial charge in [0.25, 0.3) is 5.88 Å². The van der Waals surface area contributed by atoms with Gasteiger partial charge in [0.05, 0.1) is 29.4 Å². The average Bonchev–Trinajstić information content (AvgIpc) is 3.00. The van der Waals surface area contributed by atoms with Gasteiger partial charge in [-0.25, -0.2) is 4.21 Å². The Hall–Kier alpha value is -0.741. The summed E-state index contributed by atoms with van der Waals surface area (Å²) < 4.78 is 38.6. The van der Waals surface area contributed by atoms with Gasteiger partial charge >= 0.3 is 33.3 Å². The molecule has 1 aromatic heterocycles. The van der Waals surface area contributed by atoms with E-state index in [1.807, 2.05) is 6.92 Å². The number of rotatable bonds is 5. The van der Waals surface area contributed by atoms with Crippen molar-refractivity contribution in [3.05, 3.63) is 24.3 Å². The first-order chi connectivity index (χ1) is 11.5. The van der Waals surface area contributed by atoms with Crippen LogP contribution in [0.1, 0.15) is 13.3 Å². The van der Waals surface area contributed by atoms with E-state index in [4.69, 9.17) is 4.74 Å². The van der Waals surface area contributed by atoms with Crippen molar-refractivity contribution in [2.24, 2.45) is 9.36 Å². The number of aromatic nitrogens is 2. The Bertz CT molecular complexity index is 777. The van der Waals surface area contributed by atoms with E-state index in [1.165, 1.54) is 19.2 Å². The molecule has 0 aliphatic rings. The topological polar surface area (TPSA) is 97.0 Å². The Morgan fingerprint density at radius 1 is 1.38 bits per heavy atom. The van der Waals surface area contributed by atoms with Crippen molar-refractivity contribution in [1.29, 1.82) is 0 Å². The Morgan fingerprint density at radius 2 is 2.00 bits per heavy atom. The molecule has 1 atom stereocenters. The molecule has 0 spiro atoms. The third-order valence-corrected chi connectivity index (χ3v) is 4.22. The summed E-state index contributed by atoms with van der Waals surface area (Å²) in [5.74, 6) is 0.147. The molecular weight excluding hydrogens is 447 g/mol. The zero-order valence-electron chi connectivity index (χ0n) is 12.5. The number of hydrogen-bond acceptors (Lipinski definition) is 7. The van der Waals surface area contributed by atoms with Crippen molar-refractivity contribution in [3.8, 4) is 5.88 Å². The molecule has 0 amide bonds. The minimum atomic E-state index is -3.61. The SMILES string of the molecule is CCC=Nc1ccc(S(=O)(O)=Nc2nsnc2OC)cc1.[Cl][Cu][Cl]. The molecule has 24 heavy (non-hydrogen) atoms. The van der Waals surface area contributed by atoms with Crippen LogP contribution in [0, 0.1) is 0 Å². The van der Waals surface area contributed by atoms with Gasteiger partial charge in [0.15, 0.2) is 10.0 Å². The molecule has 1 aromatic carbocycles. The Morgan fingerprint density at radius 3 is 2.54 bits per heavy atom. The minimum absolute atomic E-state index is 0.0167. The number of hydrogen-bond donors (Lipinski definition) is 1. The van der Waals surface area contributed by atoms with Crippen LogP contribution < -0.4 is 4.74 Å². The van der Waals surface area contributed by atoms with Gasteiger partial charge in [-0.2, -0.15) is 0 Å². The fourth-order valence-corrected chi connectivity index (χ4v) is 2.90. The van der Waals surface area contributed by atoms with Crippen molar-refractivity contribution >= 4 is 59.7 Å². The molecular formula is C12H14Cl2CuN4O3S2. The molecule has 7 nitrogen and oxygen atoms in total. The molecule has 0 aliphatic heterocycles. The second-order valence-electron chi connectivity index (χ2n) is 3.94. The fraction of sp³-hybridized carbons (Fsp3) is 0.250. The van der Waals surface area contributed by atoms with E-state index in [-0.39, 0.29) is 16.6 Å². The summed E-state index contributed by atoms with van der Waals surface area (Å²) in [4.78, 5) is 4.35. The van der Waals surface area contributed by atoms with Gasteiger partial charge in [-0.15, -0.1) is 13.1 Å². The average molecular weight is 461 g/mol. The van der Waals surface area contributed by atoms with Crippen LogP contribution in [-0.2, 0) is 23.1 Å². The monoisotopic (exact) mass is 459 g/mol. The normalized spacial score (nSPS) is 13.2. The van der Waals surface area contributed by atoms with Crippen molar-refractivity contribution in [2.75, 3.05) is 7.11 Å². The van der Waals surface area contributed by atoms with Crippen LogP contribution in [0.4, 0.5) is 11.5 Å². The molecule has 0 radical (unpaired) electrons. The summed E-state index contributed by atoms with van der Waals surface area (Å²) in [6.45, 7) is 1.98. The quantitative estimate of drug-likeness (QED) is 0.516. The van der Waals surface area contributed by atoms with Crippen LogP contribution in [0.25, 0.3) is 0 Å². The number of benzene rings is 1. The zero-order chi connectivity index (χ0) is 18.0. The van der Waals surface area contributed by atoms with Gasteiger partial charge in [-0.05, 0) is 30.7 Å². The van der Waals surface area contributed by atoms with Crippen molar-refractivity contribution in [2.45, 2.75) is 18.2 Å². The van der Waals surface area contributed by atoms with Gasteiger partial charge in [0.2, 0.25) is 5.82 Å². The van der Waals surface area contributed by atoms with Crippen LogP contribution in [0.15, 0.2) is 38.5 Å². The second kappa shape index (κ2) is 11.0. The zero-order valence-corrected chi connectivity index (χ0v) is 16.6. The molecule has 0 saturated carbocycles. The van der Waals surface area contributed by atoms with Gasteiger partial charge in [0, 0.05) is 6.21 Å². The van der Waals surface area contributed by atoms with Crippen molar-refractivity contribution < 1.29 is 26.6 Å². The van der Waals surface area contributed by atoms with Crippen LogP contribution in [0.5, 0.6) is 5.88 Å². The number of aliphatic imine (C=N–C) groups is 1. The Balaban J connectivity index is 0.000000891. The van der Waals surface area contributed by atoms with Gasteiger partial charge in [0.1, 0.15) is 0 Å². The summed E-state index contributed by atoms with van der Waals surface area (Å²) >= 11 is 1.62. The fourth-order valence-electron chi connectivity index (χ4n) is 1.44. The third-order valence-electron chi connectivity index (χ3n) is 2.41. The molecule has 0 fully saturated rings. The van der Waals surface area contributed by atoms with Crippen LogP contribution in [0.3, 0.4) is 0 Å². The summed E-state index contributed by atoms with van der Waals surface area (Å²) in [5, 5.41) is 0. The number of ether oxygens (including phenoxy) is 1. The van der Waals surface area contributed by atoms with E-state index in [9.17, 15) is 8.76 Å². The number of methoxy groups -OCH3 is 1. The molecule has 0 aliphatic carbocycles. The Labute approximate surface area is 159 Å². The molecule has 2 aromatic rings. The summed E-state index contributed by atoms with van der Waals surface area (Å²) in [5.41, 5.74) is 0.712. The molecule has 1 unspecified atom stereocenters. The van der Waals surface area contributed by atoms with Crippen molar-refractivity contribution in [3.63, 3.8) is 0 Å². The molecule has 2 rings (SSSR count). The Kier molecular flexibility index (Phi) is 9.75. The van der Waals surface area contributed by atoms with Crippen LogP contribution in [-0.4, -0.2) is 30.8 Å². The summed E-state index contributed by atoms with van der Waals surface area (Å²) in [6.07, 6.45) is 2.59. The standard InChI is InChI=1S/C12H14N4O3S2.2ClH.Cu/c1-3-8-13-9-4-6-10(7-5-9)21(17,18)16-11-12(19-2)15-20-14-11;;;/h4-8H,3H2,1-2H3,(H,14,16,17,18);2*1H;/q;;;+2/p-2. The molecule has 1 N–H and O–H groups in total. The summed E-state index contributed by atoms with van der Waals surface area (Å²) in [7, 11) is 7.13. The molecule has 0 saturated heterocycles. The van der Waals surface area contributed by atoms with E-state index in [2.05, 4.69) is 38.3 Å². The van der Waals surface area contributed by atoms with Gasteiger partial charge in [-0.1, -0.05) is 6.92 Å². The molecule has 137 valence electrons. The van der Waals surface area contributed by atoms with E-state index in [0.717, 1.165) is 31.3 Å². The maximum absolute atomic E-state index is 12.3. The number of nitrogens with zero attached hydrogens (tertiary/aromatic N) is 4. The number of halogens is 2.